The average molecular weight is 213 g/mol. The monoisotopic (exact) mass is 213 g/mol. The molecule has 0 spiro atoms. The Labute approximate surface area is 92.8 Å². The van der Waals surface area contributed by atoms with Gasteiger partial charge in [-0.1, -0.05) is 13.8 Å². The van der Waals surface area contributed by atoms with Crippen molar-refractivity contribution in [1.82, 2.24) is 4.90 Å². The molecule has 0 aromatic heterocycles. The van der Waals surface area contributed by atoms with Crippen LogP contribution in [0.3, 0.4) is 0 Å². The molecule has 0 atom stereocenters. The van der Waals surface area contributed by atoms with E-state index in [1.54, 1.807) is 0 Å². The summed E-state index contributed by atoms with van der Waals surface area (Å²) in [7, 11) is 1.45. The van der Waals surface area contributed by atoms with Gasteiger partial charge in [0.1, 0.15) is 0 Å². The summed E-state index contributed by atoms with van der Waals surface area (Å²) < 4.78 is 4.62. The number of ether oxygens (including phenoxy) is 1. The fourth-order valence-electron chi connectivity index (χ4n) is 1.93. The molecule has 3 heteroatoms. The van der Waals surface area contributed by atoms with Gasteiger partial charge in [0.05, 0.1) is 7.11 Å². The third-order valence-corrected chi connectivity index (χ3v) is 3.29. The lowest BCUT2D eigenvalue weighted by atomic mass is 9.82. The van der Waals surface area contributed by atoms with Crippen LogP contribution in [0.5, 0.6) is 0 Å². The molecule has 3 nitrogen and oxygen atoms in total. The van der Waals surface area contributed by atoms with Crippen molar-refractivity contribution in [3.05, 3.63) is 0 Å². The zero-order chi connectivity index (χ0) is 11.3. The highest BCUT2D eigenvalue weighted by atomic mass is 16.5. The van der Waals surface area contributed by atoms with Crippen LogP contribution in [0.1, 0.15) is 39.5 Å². The van der Waals surface area contributed by atoms with Crippen LogP contribution >= 0.6 is 0 Å². The third-order valence-electron chi connectivity index (χ3n) is 3.29. The van der Waals surface area contributed by atoms with Crippen LogP contribution in [0.4, 0.5) is 0 Å². The quantitative estimate of drug-likeness (QED) is 0.669. The fraction of sp³-hybridized carbons (Fsp3) is 0.917. The highest BCUT2D eigenvalue weighted by Gasteiger charge is 2.24. The van der Waals surface area contributed by atoms with E-state index < -0.39 is 0 Å². The standard InChI is InChI=1S/C12H23NO2/c1-12(2)6-9-13(10-7-12)8-4-5-11(14)15-3/h4-10H2,1-3H3. The van der Waals surface area contributed by atoms with Gasteiger partial charge in [0.2, 0.25) is 0 Å². The highest BCUT2D eigenvalue weighted by Crippen LogP contribution is 2.29. The normalized spacial score (nSPS) is 21.3. The summed E-state index contributed by atoms with van der Waals surface area (Å²) in [5.41, 5.74) is 0.513. The zero-order valence-electron chi connectivity index (χ0n) is 10.2. The molecule has 1 fully saturated rings. The molecule has 1 aliphatic heterocycles. The number of rotatable bonds is 4. The molecule has 0 N–H and O–H groups in total. The number of hydrogen-bond acceptors (Lipinski definition) is 3. The van der Waals surface area contributed by atoms with Crippen molar-refractivity contribution in [3.8, 4) is 0 Å². The molecule has 1 saturated heterocycles. The van der Waals surface area contributed by atoms with Crippen LogP contribution < -0.4 is 0 Å². The second kappa shape index (κ2) is 5.50. The van der Waals surface area contributed by atoms with E-state index >= 15 is 0 Å². The largest absolute Gasteiger partial charge is 0.469 e. The Bertz CT molecular complexity index is 204. The summed E-state index contributed by atoms with van der Waals surface area (Å²) in [6.07, 6.45) is 4.01. The van der Waals surface area contributed by atoms with Gasteiger partial charge in [-0.2, -0.15) is 0 Å². The van der Waals surface area contributed by atoms with E-state index in [0.29, 0.717) is 11.8 Å². The van der Waals surface area contributed by atoms with Gasteiger partial charge < -0.3 is 9.64 Å². The van der Waals surface area contributed by atoms with Crippen LogP contribution in [-0.2, 0) is 9.53 Å². The second-order valence-corrected chi connectivity index (χ2v) is 5.19. The maximum absolute atomic E-state index is 10.9. The fourth-order valence-corrected chi connectivity index (χ4v) is 1.93. The number of nitrogens with zero attached hydrogens (tertiary/aromatic N) is 1. The van der Waals surface area contributed by atoms with Crippen molar-refractivity contribution in [2.24, 2.45) is 5.41 Å². The number of esters is 1. The van der Waals surface area contributed by atoms with Crippen LogP contribution in [0, 0.1) is 5.41 Å². The predicted molar refractivity (Wildman–Crippen MR) is 60.7 cm³/mol. The number of methoxy groups -OCH3 is 1. The lowest BCUT2D eigenvalue weighted by Crippen LogP contribution is -2.37. The van der Waals surface area contributed by atoms with E-state index in [2.05, 4.69) is 23.5 Å². The van der Waals surface area contributed by atoms with E-state index in [4.69, 9.17) is 0 Å². The maximum Gasteiger partial charge on any atom is 0.305 e. The second-order valence-electron chi connectivity index (χ2n) is 5.19. The van der Waals surface area contributed by atoms with E-state index in [1.165, 1.54) is 33.0 Å². The van der Waals surface area contributed by atoms with Gasteiger partial charge in [-0.3, -0.25) is 4.79 Å². The molecule has 0 amide bonds. The van der Waals surface area contributed by atoms with Crippen molar-refractivity contribution < 1.29 is 9.53 Å². The maximum atomic E-state index is 10.9. The molecular formula is C12H23NO2. The van der Waals surface area contributed by atoms with Crippen LogP contribution in [0.25, 0.3) is 0 Å². The number of carbonyl (C=O) groups excluding carboxylic acids is 1. The van der Waals surface area contributed by atoms with Crippen molar-refractivity contribution >= 4 is 5.97 Å². The van der Waals surface area contributed by atoms with E-state index in [0.717, 1.165) is 13.0 Å². The summed E-state index contributed by atoms with van der Waals surface area (Å²) in [5, 5.41) is 0. The predicted octanol–water partition coefficient (Wildman–Crippen LogP) is 2.06. The van der Waals surface area contributed by atoms with Gasteiger partial charge in [-0.05, 0) is 44.3 Å². The van der Waals surface area contributed by atoms with Gasteiger partial charge >= 0.3 is 5.97 Å². The minimum Gasteiger partial charge on any atom is -0.469 e. The summed E-state index contributed by atoms with van der Waals surface area (Å²) in [4.78, 5) is 13.4. The molecule has 1 heterocycles. The van der Waals surface area contributed by atoms with Crippen molar-refractivity contribution in [2.45, 2.75) is 39.5 Å². The molecule has 1 aliphatic rings. The number of piperidine rings is 1. The van der Waals surface area contributed by atoms with Crippen LogP contribution in [-0.4, -0.2) is 37.6 Å². The Morgan fingerprint density at radius 3 is 2.47 bits per heavy atom. The summed E-state index contributed by atoms with van der Waals surface area (Å²) in [5.74, 6) is -0.0904. The van der Waals surface area contributed by atoms with Gasteiger partial charge in [0.25, 0.3) is 0 Å². The summed E-state index contributed by atoms with van der Waals surface area (Å²) in [6.45, 7) is 8.05. The molecule has 0 aliphatic carbocycles. The summed E-state index contributed by atoms with van der Waals surface area (Å²) in [6, 6.07) is 0. The molecular weight excluding hydrogens is 190 g/mol. The first kappa shape index (κ1) is 12.5. The molecule has 88 valence electrons. The Morgan fingerprint density at radius 2 is 1.93 bits per heavy atom. The summed E-state index contributed by atoms with van der Waals surface area (Å²) >= 11 is 0. The molecule has 0 saturated carbocycles. The first-order valence-corrected chi connectivity index (χ1v) is 5.83. The van der Waals surface area contributed by atoms with Gasteiger partial charge in [-0.25, -0.2) is 0 Å². The average Bonchev–Trinajstić information content (AvgIpc) is 2.20. The molecule has 1 rings (SSSR count). The van der Waals surface area contributed by atoms with Crippen molar-refractivity contribution in [2.75, 3.05) is 26.7 Å². The third kappa shape index (κ3) is 4.65. The topological polar surface area (TPSA) is 29.5 Å². The Morgan fingerprint density at radius 1 is 1.33 bits per heavy atom. The molecule has 0 aromatic carbocycles. The zero-order valence-corrected chi connectivity index (χ0v) is 10.2. The van der Waals surface area contributed by atoms with Gasteiger partial charge in [-0.15, -0.1) is 0 Å². The van der Waals surface area contributed by atoms with Crippen molar-refractivity contribution in [1.29, 1.82) is 0 Å². The van der Waals surface area contributed by atoms with E-state index in [9.17, 15) is 4.79 Å². The van der Waals surface area contributed by atoms with Crippen molar-refractivity contribution in [3.63, 3.8) is 0 Å². The number of likely N-dealkylation sites (tertiary alicyclic amines) is 1. The van der Waals surface area contributed by atoms with Gasteiger partial charge in [0, 0.05) is 6.42 Å². The molecule has 0 aromatic rings. The smallest absolute Gasteiger partial charge is 0.305 e. The Kier molecular flexibility index (Phi) is 4.58. The molecule has 0 unspecified atom stereocenters. The van der Waals surface area contributed by atoms with Crippen LogP contribution in [0.15, 0.2) is 0 Å². The highest BCUT2D eigenvalue weighted by molar-refractivity contribution is 5.69. The Balaban J connectivity index is 2.11. The number of carbonyl (C=O) groups is 1. The minimum absolute atomic E-state index is 0.0904. The minimum atomic E-state index is -0.0904. The lowest BCUT2D eigenvalue weighted by molar-refractivity contribution is -0.140. The number of hydrogen-bond donors (Lipinski definition) is 0. The molecule has 15 heavy (non-hydrogen) atoms. The van der Waals surface area contributed by atoms with E-state index in [-0.39, 0.29) is 5.97 Å². The first-order valence-electron chi connectivity index (χ1n) is 5.83. The Hall–Kier alpha value is -0.570. The van der Waals surface area contributed by atoms with Crippen LogP contribution in [0.2, 0.25) is 0 Å². The molecule has 0 radical (unpaired) electrons. The SMILES string of the molecule is COC(=O)CCCN1CCC(C)(C)CC1. The first-order chi connectivity index (χ1) is 7.03. The molecule has 0 bridgehead atoms. The van der Waals surface area contributed by atoms with Gasteiger partial charge in [0.15, 0.2) is 0 Å². The lowest BCUT2D eigenvalue weighted by Gasteiger charge is -2.36. The van der Waals surface area contributed by atoms with E-state index in [1.807, 2.05) is 0 Å².